The normalized spacial score (nSPS) is 16.3. The van der Waals surface area contributed by atoms with Gasteiger partial charge in [-0.05, 0) is 54.5 Å². The van der Waals surface area contributed by atoms with Gasteiger partial charge in [-0.3, -0.25) is 0 Å². The molecule has 0 amide bonds. The van der Waals surface area contributed by atoms with E-state index in [0.29, 0.717) is 0 Å². The Morgan fingerprint density at radius 3 is 2.56 bits per heavy atom. The van der Waals surface area contributed by atoms with Crippen LogP contribution in [0.3, 0.4) is 0 Å². The van der Waals surface area contributed by atoms with Gasteiger partial charge in [-0.15, -0.1) is 11.3 Å². The lowest BCUT2D eigenvalue weighted by molar-refractivity contribution is 0.224. The fraction of sp³-hybridized carbons (Fsp3) is 0.333. The summed E-state index contributed by atoms with van der Waals surface area (Å²) >= 11 is 7.36. The Morgan fingerprint density at radius 2 is 1.83 bits per heavy atom. The second-order valence-electron chi connectivity index (χ2n) is 4.78. The first-order valence-corrected chi connectivity index (χ1v) is 7.48. The predicted molar refractivity (Wildman–Crippen MR) is 76.5 cm³/mol. The number of benzene rings is 1. The second-order valence-corrected chi connectivity index (χ2v) is 6.53. The molecule has 0 bridgehead atoms. The average molecular weight is 279 g/mol. The Morgan fingerprint density at radius 1 is 1.06 bits per heavy atom. The lowest BCUT2D eigenvalue weighted by Gasteiger charge is -2.18. The molecular formula is C15H15ClOS. The van der Waals surface area contributed by atoms with E-state index in [4.69, 9.17) is 11.6 Å². The van der Waals surface area contributed by atoms with Crippen molar-refractivity contribution in [3.8, 4) is 0 Å². The number of aliphatic hydroxyl groups is 1. The summed E-state index contributed by atoms with van der Waals surface area (Å²) in [7, 11) is 0. The average Bonchev–Trinajstić information content (AvgIpc) is 2.84. The highest BCUT2D eigenvalue weighted by Gasteiger charge is 2.16. The monoisotopic (exact) mass is 278 g/mol. The van der Waals surface area contributed by atoms with Gasteiger partial charge in [0.05, 0.1) is 4.34 Å². The van der Waals surface area contributed by atoms with Gasteiger partial charge in [0.1, 0.15) is 6.10 Å². The van der Waals surface area contributed by atoms with Crippen molar-refractivity contribution in [2.75, 3.05) is 0 Å². The summed E-state index contributed by atoms with van der Waals surface area (Å²) in [4.78, 5) is 0.913. The number of halogens is 1. The first-order chi connectivity index (χ1) is 8.74. The molecule has 0 aliphatic heterocycles. The van der Waals surface area contributed by atoms with Crippen molar-refractivity contribution >= 4 is 22.9 Å². The lowest BCUT2D eigenvalue weighted by Crippen LogP contribution is -2.05. The fourth-order valence-electron chi connectivity index (χ4n) is 2.56. The maximum atomic E-state index is 10.4. The fourth-order valence-corrected chi connectivity index (χ4v) is 3.64. The molecule has 18 heavy (non-hydrogen) atoms. The van der Waals surface area contributed by atoms with E-state index in [1.54, 1.807) is 0 Å². The number of rotatable bonds is 2. The smallest absolute Gasteiger partial charge is 0.113 e. The number of aryl methyl sites for hydroxylation is 2. The van der Waals surface area contributed by atoms with Gasteiger partial charge in [-0.1, -0.05) is 29.8 Å². The molecule has 3 heteroatoms. The van der Waals surface area contributed by atoms with E-state index in [2.05, 4.69) is 12.1 Å². The first-order valence-electron chi connectivity index (χ1n) is 6.29. The standard InChI is InChI=1S/C15H15ClOS/c16-14-8-7-13(18-14)15(17)12-6-5-10-3-1-2-4-11(10)9-12/h5-9,15,17H,1-4H2. The molecule has 1 atom stereocenters. The van der Waals surface area contributed by atoms with Gasteiger partial charge in [0.15, 0.2) is 0 Å². The molecule has 1 nitrogen and oxygen atoms in total. The van der Waals surface area contributed by atoms with Gasteiger partial charge >= 0.3 is 0 Å². The van der Waals surface area contributed by atoms with E-state index in [1.165, 1.54) is 41.7 Å². The summed E-state index contributed by atoms with van der Waals surface area (Å²) in [5.41, 5.74) is 3.83. The minimum Gasteiger partial charge on any atom is -0.383 e. The Hall–Kier alpha value is -0.830. The van der Waals surface area contributed by atoms with Crippen molar-refractivity contribution < 1.29 is 5.11 Å². The van der Waals surface area contributed by atoms with E-state index in [1.807, 2.05) is 18.2 Å². The zero-order valence-corrected chi connectivity index (χ0v) is 11.6. The molecule has 1 aromatic carbocycles. The van der Waals surface area contributed by atoms with E-state index in [9.17, 15) is 5.11 Å². The zero-order valence-electron chi connectivity index (χ0n) is 10.0. The van der Waals surface area contributed by atoms with Crippen LogP contribution in [0.15, 0.2) is 30.3 Å². The van der Waals surface area contributed by atoms with Crippen LogP contribution in [0.4, 0.5) is 0 Å². The Labute approximate surface area is 116 Å². The number of hydrogen-bond acceptors (Lipinski definition) is 2. The molecular weight excluding hydrogens is 264 g/mol. The predicted octanol–water partition coefficient (Wildman–Crippen LogP) is 4.36. The quantitative estimate of drug-likeness (QED) is 0.865. The van der Waals surface area contributed by atoms with Gasteiger partial charge in [0, 0.05) is 4.88 Å². The SMILES string of the molecule is OC(c1ccc2c(c1)CCCC2)c1ccc(Cl)s1. The number of aliphatic hydroxyl groups excluding tert-OH is 1. The van der Waals surface area contributed by atoms with Crippen LogP contribution < -0.4 is 0 Å². The Balaban J connectivity index is 1.92. The highest BCUT2D eigenvalue weighted by atomic mass is 35.5. The van der Waals surface area contributed by atoms with Crippen molar-refractivity contribution in [1.29, 1.82) is 0 Å². The maximum absolute atomic E-state index is 10.4. The summed E-state index contributed by atoms with van der Waals surface area (Å²) in [6.45, 7) is 0. The summed E-state index contributed by atoms with van der Waals surface area (Å²) in [6.07, 6.45) is 4.32. The van der Waals surface area contributed by atoms with Gasteiger partial charge in [-0.2, -0.15) is 0 Å². The van der Waals surface area contributed by atoms with Gasteiger partial charge in [0.2, 0.25) is 0 Å². The second kappa shape index (κ2) is 5.04. The Kier molecular flexibility index (Phi) is 3.42. The van der Waals surface area contributed by atoms with Crippen LogP contribution in [0, 0.1) is 0 Å². The van der Waals surface area contributed by atoms with Crippen LogP contribution in [0.1, 0.15) is 40.5 Å². The van der Waals surface area contributed by atoms with Crippen LogP contribution in [-0.4, -0.2) is 5.11 Å². The largest absolute Gasteiger partial charge is 0.383 e. The number of thiophene rings is 1. The van der Waals surface area contributed by atoms with Gasteiger partial charge < -0.3 is 5.11 Å². The molecule has 1 heterocycles. The molecule has 1 aromatic heterocycles. The number of fused-ring (bicyclic) bond motifs is 1. The molecule has 94 valence electrons. The van der Waals surface area contributed by atoms with Crippen LogP contribution in [0.2, 0.25) is 4.34 Å². The van der Waals surface area contributed by atoms with Crippen LogP contribution >= 0.6 is 22.9 Å². The maximum Gasteiger partial charge on any atom is 0.113 e. The van der Waals surface area contributed by atoms with Crippen LogP contribution in [0.25, 0.3) is 0 Å². The minimum atomic E-state index is -0.547. The molecule has 0 saturated carbocycles. The van der Waals surface area contributed by atoms with Crippen molar-refractivity contribution in [2.45, 2.75) is 31.8 Å². The molecule has 1 aliphatic rings. The summed E-state index contributed by atoms with van der Waals surface area (Å²) in [5, 5.41) is 10.4. The van der Waals surface area contributed by atoms with E-state index in [-0.39, 0.29) is 0 Å². The van der Waals surface area contributed by atoms with E-state index >= 15 is 0 Å². The van der Waals surface area contributed by atoms with Crippen molar-refractivity contribution in [2.24, 2.45) is 0 Å². The molecule has 0 radical (unpaired) electrons. The van der Waals surface area contributed by atoms with Crippen LogP contribution in [-0.2, 0) is 12.8 Å². The molecule has 1 aliphatic carbocycles. The van der Waals surface area contributed by atoms with Gasteiger partial charge in [0.25, 0.3) is 0 Å². The van der Waals surface area contributed by atoms with Gasteiger partial charge in [-0.25, -0.2) is 0 Å². The highest BCUT2D eigenvalue weighted by Crippen LogP contribution is 2.32. The molecule has 2 aromatic rings. The Bertz CT molecular complexity index is 561. The van der Waals surface area contributed by atoms with E-state index in [0.717, 1.165) is 21.2 Å². The van der Waals surface area contributed by atoms with E-state index < -0.39 is 6.10 Å². The number of hydrogen-bond donors (Lipinski definition) is 1. The molecule has 3 rings (SSSR count). The lowest BCUT2D eigenvalue weighted by atomic mass is 9.89. The van der Waals surface area contributed by atoms with Crippen LogP contribution in [0.5, 0.6) is 0 Å². The van der Waals surface area contributed by atoms with Crippen molar-refractivity contribution in [3.63, 3.8) is 0 Å². The van der Waals surface area contributed by atoms with Crippen molar-refractivity contribution in [1.82, 2.24) is 0 Å². The topological polar surface area (TPSA) is 20.2 Å². The third-order valence-electron chi connectivity index (χ3n) is 3.55. The summed E-state index contributed by atoms with van der Waals surface area (Å²) in [6, 6.07) is 10.1. The zero-order chi connectivity index (χ0) is 12.5. The summed E-state index contributed by atoms with van der Waals surface area (Å²) in [5.74, 6) is 0. The van der Waals surface area contributed by atoms with Crippen molar-refractivity contribution in [3.05, 3.63) is 56.2 Å². The summed E-state index contributed by atoms with van der Waals surface area (Å²) < 4.78 is 0.724. The molecule has 0 spiro atoms. The third kappa shape index (κ3) is 2.33. The molecule has 1 unspecified atom stereocenters. The highest BCUT2D eigenvalue weighted by molar-refractivity contribution is 7.16. The minimum absolute atomic E-state index is 0.547. The first kappa shape index (κ1) is 12.2. The third-order valence-corrected chi connectivity index (χ3v) is 4.84. The molecule has 0 saturated heterocycles. The molecule has 1 N–H and O–H groups in total. The molecule has 0 fully saturated rings.